The van der Waals surface area contributed by atoms with Gasteiger partial charge in [0.1, 0.15) is 0 Å². The van der Waals surface area contributed by atoms with Gasteiger partial charge in [0.15, 0.2) is 9.84 Å². The van der Waals surface area contributed by atoms with E-state index in [1.165, 1.54) is 24.1 Å². The lowest BCUT2D eigenvalue weighted by molar-refractivity contribution is -0.119. The Morgan fingerprint density at radius 3 is 2.65 bits per heavy atom. The van der Waals surface area contributed by atoms with Crippen LogP contribution in [-0.4, -0.2) is 45.5 Å². The first kappa shape index (κ1) is 17.8. The van der Waals surface area contributed by atoms with Gasteiger partial charge in [-0.15, -0.1) is 0 Å². The summed E-state index contributed by atoms with van der Waals surface area (Å²) in [5.74, 6) is 0.853. The lowest BCUT2D eigenvalue weighted by atomic mass is 9.98. The van der Waals surface area contributed by atoms with Crippen LogP contribution in [0.1, 0.15) is 44.1 Å². The van der Waals surface area contributed by atoms with Gasteiger partial charge in [0.25, 0.3) is 0 Å². The normalized spacial score (nSPS) is 24.7. The van der Waals surface area contributed by atoms with Crippen molar-refractivity contribution >= 4 is 27.1 Å². The third-order valence-electron chi connectivity index (χ3n) is 6.05. The molecule has 3 aliphatic rings. The summed E-state index contributed by atoms with van der Waals surface area (Å²) >= 11 is 0. The monoisotopic (exact) mass is 376 g/mol. The van der Waals surface area contributed by atoms with Crippen molar-refractivity contribution in [1.29, 1.82) is 0 Å². The van der Waals surface area contributed by atoms with Gasteiger partial charge in [-0.2, -0.15) is 0 Å². The number of carbonyl (C=O) groups is 1. The summed E-state index contributed by atoms with van der Waals surface area (Å²) in [5.41, 5.74) is 3.56. The molecule has 142 valence electrons. The van der Waals surface area contributed by atoms with Crippen molar-refractivity contribution in [3.63, 3.8) is 0 Å². The number of anilines is 2. The summed E-state index contributed by atoms with van der Waals surface area (Å²) in [6, 6.07) is 6.57. The molecule has 0 bridgehead atoms. The number of hydrogen-bond donors (Lipinski definition) is 0. The van der Waals surface area contributed by atoms with E-state index in [1.807, 2.05) is 4.90 Å². The highest BCUT2D eigenvalue weighted by atomic mass is 32.2. The molecule has 1 amide bonds. The van der Waals surface area contributed by atoms with E-state index in [0.29, 0.717) is 19.3 Å². The Hall–Kier alpha value is -1.56. The van der Waals surface area contributed by atoms with Gasteiger partial charge in [-0.1, -0.05) is 6.07 Å². The highest BCUT2D eigenvalue weighted by Crippen LogP contribution is 2.33. The van der Waals surface area contributed by atoms with Crippen molar-refractivity contribution in [2.24, 2.45) is 5.92 Å². The summed E-state index contributed by atoms with van der Waals surface area (Å²) in [6.07, 6.45) is 6.36. The smallest absolute Gasteiger partial charge is 0.226 e. The van der Waals surface area contributed by atoms with Gasteiger partial charge in [-0.25, -0.2) is 8.42 Å². The second-order valence-corrected chi connectivity index (χ2v) is 10.2. The molecule has 6 heteroatoms. The fourth-order valence-corrected chi connectivity index (χ4v) is 6.47. The molecule has 3 heterocycles. The molecule has 1 aromatic carbocycles. The summed E-state index contributed by atoms with van der Waals surface area (Å²) < 4.78 is 23.2. The number of sulfone groups is 1. The minimum atomic E-state index is -2.86. The standard InChI is InChI=1S/C20H28N2O3S/c23-20(8-5-16-9-13-26(24,25)15-16)22-12-3-4-17-6-7-18(14-19(17)22)21-10-1-2-11-21/h6-7,14,16H,1-5,8-13,15H2. The molecule has 0 aromatic heterocycles. The van der Waals surface area contributed by atoms with Crippen LogP contribution in [0.15, 0.2) is 18.2 Å². The Morgan fingerprint density at radius 2 is 1.92 bits per heavy atom. The van der Waals surface area contributed by atoms with E-state index < -0.39 is 9.84 Å². The van der Waals surface area contributed by atoms with Crippen LogP contribution in [-0.2, 0) is 21.1 Å². The molecule has 0 N–H and O–H groups in total. The summed E-state index contributed by atoms with van der Waals surface area (Å²) in [6.45, 7) is 2.98. The zero-order chi connectivity index (χ0) is 18.1. The predicted molar refractivity (Wildman–Crippen MR) is 105 cm³/mol. The number of hydrogen-bond acceptors (Lipinski definition) is 4. The van der Waals surface area contributed by atoms with E-state index in [9.17, 15) is 13.2 Å². The fourth-order valence-electron chi connectivity index (χ4n) is 4.56. The molecule has 26 heavy (non-hydrogen) atoms. The first-order chi connectivity index (χ1) is 12.5. The van der Waals surface area contributed by atoms with Gasteiger partial charge in [0, 0.05) is 37.4 Å². The van der Waals surface area contributed by atoms with E-state index in [0.717, 1.165) is 38.2 Å². The number of aryl methyl sites for hydroxylation is 1. The van der Waals surface area contributed by atoms with E-state index in [1.54, 1.807) is 0 Å². The third kappa shape index (κ3) is 3.75. The summed E-state index contributed by atoms with van der Waals surface area (Å²) in [5, 5.41) is 0. The van der Waals surface area contributed by atoms with Crippen LogP contribution in [0.3, 0.4) is 0 Å². The summed E-state index contributed by atoms with van der Waals surface area (Å²) in [7, 11) is -2.86. The zero-order valence-corrected chi connectivity index (χ0v) is 16.1. The van der Waals surface area contributed by atoms with Crippen molar-refractivity contribution < 1.29 is 13.2 Å². The second-order valence-electron chi connectivity index (χ2n) is 7.96. The Morgan fingerprint density at radius 1 is 1.12 bits per heavy atom. The van der Waals surface area contributed by atoms with Crippen LogP contribution in [0, 0.1) is 5.92 Å². The van der Waals surface area contributed by atoms with Gasteiger partial charge in [0.2, 0.25) is 5.91 Å². The molecule has 1 aromatic rings. The van der Waals surface area contributed by atoms with Crippen molar-refractivity contribution in [2.75, 3.05) is 40.9 Å². The molecule has 1 atom stereocenters. The van der Waals surface area contributed by atoms with Gasteiger partial charge in [0.05, 0.1) is 11.5 Å². The lowest BCUT2D eigenvalue weighted by Gasteiger charge is -2.31. The first-order valence-corrected chi connectivity index (χ1v) is 11.7. The molecule has 2 fully saturated rings. The molecule has 1 unspecified atom stereocenters. The van der Waals surface area contributed by atoms with Crippen LogP contribution >= 0.6 is 0 Å². The van der Waals surface area contributed by atoms with Crippen LogP contribution in [0.4, 0.5) is 11.4 Å². The Labute approximate surface area is 156 Å². The minimum Gasteiger partial charge on any atom is -0.371 e. The maximum absolute atomic E-state index is 12.9. The fraction of sp³-hybridized carbons (Fsp3) is 0.650. The SMILES string of the molecule is O=C(CCC1CCS(=O)(=O)C1)N1CCCc2ccc(N3CCCC3)cc21. The molecule has 4 rings (SSSR count). The van der Waals surface area contributed by atoms with E-state index in [4.69, 9.17) is 0 Å². The summed E-state index contributed by atoms with van der Waals surface area (Å²) in [4.78, 5) is 17.2. The number of benzene rings is 1. The van der Waals surface area contributed by atoms with Gasteiger partial charge in [-0.3, -0.25) is 4.79 Å². The molecular formula is C20H28N2O3S. The molecule has 0 radical (unpaired) electrons. The van der Waals surface area contributed by atoms with Gasteiger partial charge < -0.3 is 9.80 Å². The number of rotatable bonds is 4. The van der Waals surface area contributed by atoms with Crippen molar-refractivity contribution in [3.05, 3.63) is 23.8 Å². The quantitative estimate of drug-likeness (QED) is 0.811. The van der Waals surface area contributed by atoms with E-state index in [2.05, 4.69) is 23.1 Å². The third-order valence-corrected chi connectivity index (χ3v) is 7.89. The molecular weight excluding hydrogens is 348 g/mol. The Balaban J connectivity index is 1.46. The van der Waals surface area contributed by atoms with Crippen LogP contribution < -0.4 is 9.80 Å². The maximum Gasteiger partial charge on any atom is 0.226 e. The number of amides is 1. The molecule has 0 saturated carbocycles. The molecule has 5 nitrogen and oxygen atoms in total. The van der Waals surface area contributed by atoms with E-state index >= 15 is 0 Å². The average molecular weight is 377 g/mol. The van der Waals surface area contributed by atoms with Crippen LogP contribution in [0.25, 0.3) is 0 Å². The Kier molecular flexibility index (Phi) is 4.95. The van der Waals surface area contributed by atoms with Gasteiger partial charge >= 0.3 is 0 Å². The first-order valence-electron chi connectivity index (χ1n) is 9.90. The highest BCUT2D eigenvalue weighted by molar-refractivity contribution is 7.91. The van der Waals surface area contributed by atoms with Crippen LogP contribution in [0.2, 0.25) is 0 Å². The Bertz CT molecular complexity index is 784. The van der Waals surface area contributed by atoms with Crippen molar-refractivity contribution in [3.8, 4) is 0 Å². The maximum atomic E-state index is 12.9. The number of fused-ring (bicyclic) bond motifs is 1. The lowest BCUT2D eigenvalue weighted by Crippen LogP contribution is -2.36. The average Bonchev–Trinajstić information content (AvgIpc) is 3.28. The number of nitrogens with zero attached hydrogens (tertiary/aromatic N) is 2. The highest BCUT2D eigenvalue weighted by Gasteiger charge is 2.29. The zero-order valence-electron chi connectivity index (χ0n) is 15.3. The molecule has 0 aliphatic carbocycles. The van der Waals surface area contributed by atoms with Crippen molar-refractivity contribution in [1.82, 2.24) is 0 Å². The van der Waals surface area contributed by atoms with E-state index in [-0.39, 0.29) is 23.3 Å². The van der Waals surface area contributed by atoms with Gasteiger partial charge in [-0.05, 0) is 62.1 Å². The molecule has 0 spiro atoms. The minimum absolute atomic E-state index is 0.147. The molecule has 2 saturated heterocycles. The van der Waals surface area contributed by atoms with Crippen molar-refractivity contribution in [2.45, 2.75) is 44.9 Å². The topological polar surface area (TPSA) is 57.7 Å². The largest absolute Gasteiger partial charge is 0.371 e. The predicted octanol–water partition coefficient (Wildman–Crippen LogP) is 2.78. The molecule has 3 aliphatic heterocycles. The second kappa shape index (κ2) is 7.22. The van der Waals surface area contributed by atoms with Crippen LogP contribution in [0.5, 0.6) is 0 Å². The number of carbonyl (C=O) groups excluding carboxylic acids is 1.